The standard InChI is InChI=1S/C11H15N5/c1-4-9-10(7-16(3)15-9)12-11-6-5-8(2)13-14-11/h5-7H,4H2,1-3H3,(H,12,14). The third-order valence-corrected chi connectivity index (χ3v) is 2.30. The van der Waals surface area contributed by atoms with E-state index in [9.17, 15) is 0 Å². The van der Waals surface area contributed by atoms with Crippen LogP contribution < -0.4 is 5.32 Å². The lowest BCUT2D eigenvalue weighted by Crippen LogP contribution is -1.97. The van der Waals surface area contributed by atoms with Crippen LogP contribution in [0.4, 0.5) is 11.5 Å². The summed E-state index contributed by atoms with van der Waals surface area (Å²) in [6.07, 6.45) is 2.84. The number of rotatable bonds is 3. The van der Waals surface area contributed by atoms with E-state index in [0.29, 0.717) is 0 Å². The van der Waals surface area contributed by atoms with E-state index in [0.717, 1.165) is 29.3 Å². The van der Waals surface area contributed by atoms with Gasteiger partial charge in [0.1, 0.15) is 0 Å². The second kappa shape index (κ2) is 4.30. The molecule has 0 saturated heterocycles. The van der Waals surface area contributed by atoms with Crippen molar-refractivity contribution in [3.05, 3.63) is 29.7 Å². The zero-order valence-electron chi connectivity index (χ0n) is 9.73. The predicted molar refractivity (Wildman–Crippen MR) is 62.6 cm³/mol. The third kappa shape index (κ3) is 2.18. The van der Waals surface area contributed by atoms with Gasteiger partial charge in [-0.3, -0.25) is 4.68 Å². The molecular weight excluding hydrogens is 202 g/mol. The molecule has 0 atom stereocenters. The second-order valence-corrected chi connectivity index (χ2v) is 3.70. The summed E-state index contributed by atoms with van der Waals surface area (Å²) in [6, 6.07) is 3.84. The second-order valence-electron chi connectivity index (χ2n) is 3.70. The normalized spacial score (nSPS) is 10.4. The molecule has 0 radical (unpaired) electrons. The maximum atomic E-state index is 4.35. The first kappa shape index (κ1) is 10.6. The van der Waals surface area contributed by atoms with E-state index in [1.165, 1.54) is 0 Å². The van der Waals surface area contributed by atoms with E-state index >= 15 is 0 Å². The van der Waals surface area contributed by atoms with Crippen LogP contribution in [-0.4, -0.2) is 20.0 Å². The van der Waals surface area contributed by atoms with Gasteiger partial charge in [-0.15, -0.1) is 5.10 Å². The van der Waals surface area contributed by atoms with Gasteiger partial charge in [-0.05, 0) is 25.5 Å². The summed E-state index contributed by atoms with van der Waals surface area (Å²) >= 11 is 0. The molecule has 5 nitrogen and oxygen atoms in total. The summed E-state index contributed by atoms with van der Waals surface area (Å²) in [5, 5.41) is 15.6. The van der Waals surface area contributed by atoms with Crippen molar-refractivity contribution in [2.75, 3.05) is 5.32 Å². The summed E-state index contributed by atoms with van der Waals surface area (Å²) in [6.45, 7) is 3.99. The number of anilines is 2. The molecule has 2 rings (SSSR count). The van der Waals surface area contributed by atoms with Gasteiger partial charge >= 0.3 is 0 Å². The summed E-state index contributed by atoms with van der Waals surface area (Å²) in [7, 11) is 1.91. The molecule has 0 aliphatic rings. The molecule has 16 heavy (non-hydrogen) atoms. The molecule has 1 N–H and O–H groups in total. The fourth-order valence-electron chi connectivity index (χ4n) is 1.50. The van der Waals surface area contributed by atoms with Gasteiger partial charge in [0.15, 0.2) is 5.82 Å². The van der Waals surface area contributed by atoms with Crippen molar-refractivity contribution in [3.63, 3.8) is 0 Å². The largest absolute Gasteiger partial charge is 0.336 e. The van der Waals surface area contributed by atoms with Gasteiger partial charge in [0.05, 0.1) is 17.1 Å². The van der Waals surface area contributed by atoms with Crippen molar-refractivity contribution < 1.29 is 0 Å². The van der Waals surface area contributed by atoms with Crippen LogP contribution in [0.5, 0.6) is 0 Å². The molecule has 2 aromatic heterocycles. The average molecular weight is 217 g/mol. The lowest BCUT2D eigenvalue weighted by Gasteiger charge is -2.03. The molecule has 0 aliphatic heterocycles. The van der Waals surface area contributed by atoms with Crippen molar-refractivity contribution in [3.8, 4) is 0 Å². The Bertz CT molecular complexity index is 472. The molecule has 0 unspecified atom stereocenters. The van der Waals surface area contributed by atoms with Gasteiger partial charge in [-0.25, -0.2) is 0 Å². The van der Waals surface area contributed by atoms with Gasteiger partial charge in [0.2, 0.25) is 0 Å². The van der Waals surface area contributed by atoms with Crippen LogP contribution >= 0.6 is 0 Å². The molecule has 0 fully saturated rings. The molecule has 0 aromatic carbocycles. The van der Waals surface area contributed by atoms with Crippen molar-refractivity contribution in [1.82, 2.24) is 20.0 Å². The Morgan fingerprint density at radius 3 is 2.75 bits per heavy atom. The van der Waals surface area contributed by atoms with Crippen molar-refractivity contribution in [1.29, 1.82) is 0 Å². The fraction of sp³-hybridized carbons (Fsp3) is 0.364. The van der Waals surface area contributed by atoms with Gasteiger partial charge in [0.25, 0.3) is 0 Å². The Labute approximate surface area is 94.5 Å². The van der Waals surface area contributed by atoms with E-state index < -0.39 is 0 Å². The molecule has 5 heteroatoms. The highest BCUT2D eigenvalue weighted by Crippen LogP contribution is 2.18. The summed E-state index contributed by atoms with van der Waals surface area (Å²) in [5.74, 6) is 0.744. The van der Waals surface area contributed by atoms with Gasteiger partial charge in [-0.1, -0.05) is 6.92 Å². The van der Waals surface area contributed by atoms with Crippen LogP contribution in [0, 0.1) is 6.92 Å². The smallest absolute Gasteiger partial charge is 0.153 e. The Morgan fingerprint density at radius 2 is 2.12 bits per heavy atom. The van der Waals surface area contributed by atoms with Gasteiger partial charge < -0.3 is 5.32 Å². The Morgan fingerprint density at radius 1 is 1.31 bits per heavy atom. The first-order valence-electron chi connectivity index (χ1n) is 5.29. The molecule has 0 aliphatic carbocycles. The number of hydrogen-bond acceptors (Lipinski definition) is 4. The minimum absolute atomic E-state index is 0.744. The summed E-state index contributed by atoms with van der Waals surface area (Å²) in [4.78, 5) is 0. The van der Waals surface area contributed by atoms with Crippen LogP contribution in [0.15, 0.2) is 18.3 Å². The SMILES string of the molecule is CCc1nn(C)cc1Nc1ccc(C)nn1. The van der Waals surface area contributed by atoms with Crippen molar-refractivity contribution in [2.45, 2.75) is 20.3 Å². The van der Waals surface area contributed by atoms with Crippen molar-refractivity contribution in [2.24, 2.45) is 7.05 Å². The maximum absolute atomic E-state index is 4.35. The van der Waals surface area contributed by atoms with Gasteiger partial charge in [-0.2, -0.15) is 10.2 Å². The van der Waals surface area contributed by atoms with Crippen LogP contribution in [-0.2, 0) is 13.5 Å². The highest BCUT2D eigenvalue weighted by molar-refractivity contribution is 5.57. The van der Waals surface area contributed by atoms with Crippen LogP contribution in [0.1, 0.15) is 18.3 Å². The number of hydrogen-bond donors (Lipinski definition) is 1. The predicted octanol–water partition coefficient (Wildman–Crippen LogP) is 1.82. The average Bonchev–Trinajstić information content (AvgIpc) is 2.62. The fourth-order valence-corrected chi connectivity index (χ4v) is 1.50. The molecular formula is C11H15N5. The minimum Gasteiger partial charge on any atom is -0.336 e. The Hall–Kier alpha value is -1.91. The summed E-state index contributed by atoms with van der Waals surface area (Å²) < 4.78 is 1.79. The zero-order chi connectivity index (χ0) is 11.5. The molecule has 0 bridgehead atoms. The van der Waals surface area contributed by atoms with Gasteiger partial charge in [0, 0.05) is 13.2 Å². The minimum atomic E-state index is 0.744. The van der Waals surface area contributed by atoms with E-state index in [4.69, 9.17) is 0 Å². The molecule has 0 amide bonds. The lowest BCUT2D eigenvalue weighted by atomic mass is 10.3. The van der Waals surface area contributed by atoms with Crippen LogP contribution in [0.3, 0.4) is 0 Å². The third-order valence-electron chi connectivity index (χ3n) is 2.30. The first-order valence-corrected chi connectivity index (χ1v) is 5.29. The number of aromatic nitrogens is 4. The molecule has 0 spiro atoms. The van der Waals surface area contributed by atoms with E-state index in [1.54, 1.807) is 4.68 Å². The topological polar surface area (TPSA) is 55.6 Å². The van der Waals surface area contributed by atoms with Crippen LogP contribution in [0.25, 0.3) is 0 Å². The molecule has 84 valence electrons. The lowest BCUT2D eigenvalue weighted by molar-refractivity contribution is 0.746. The number of nitrogens with zero attached hydrogens (tertiary/aromatic N) is 4. The maximum Gasteiger partial charge on any atom is 0.153 e. The van der Waals surface area contributed by atoms with E-state index in [2.05, 4.69) is 27.5 Å². The Kier molecular flexibility index (Phi) is 2.85. The first-order chi connectivity index (χ1) is 7.69. The Balaban J connectivity index is 2.22. The number of aryl methyl sites for hydroxylation is 3. The van der Waals surface area contributed by atoms with E-state index in [-0.39, 0.29) is 0 Å². The quantitative estimate of drug-likeness (QED) is 0.852. The monoisotopic (exact) mass is 217 g/mol. The highest BCUT2D eigenvalue weighted by atomic mass is 15.3. The van der Waals surface area contributed by atoms with Crippen LogP contribution in [0.2, 0.25) is 0 Å². The number of nitrogens with one attached hydrogen (secondary N) is 1. The highest BCUT2D eigenvalue weighted by Gasteiger charge is 2.06. The van der Waals surface area contributed by atoms with E-state index in [1.807, 2.05) is 32.3 Å². The molecule has 2 heterocycles. The molecule has 2 aromatic rings. The summed E-state index contributed by atoms with van der Waals surface area (Å²) in [5.41, 5.74) is 2.93. The zero-order valence-corrected chi connectivity index (χ0v) is 9.73. The van der Waals surface area contributed by atoms with Crippen molar-refractivity contribution >= 4 is 11.5 Å². The molecule has 0 saturated carbocycles.